The van der Waals surface area contributed by atoms with E-state index in [0.29, 0.717) is 37.1 Å². The highest BCUT2D eigenvalue weighted by Crippen LogP contribution is 2.32. The molecular weight excluding hydrogens is 540 g/mol. The molecular formula is C29H23ClN2O4S2. The van der Waals surface area contributed by atoms with Gasteiger partial charge in [0.25, 0.3) is 5.56 Å². The van der Waals surface area contributed by atoms with Gasteiger partial charge in [0, 0.05) is 21.6 Å². The number of esters is 1. The summed E-state index contributed by atoms with van der Waals surface area (Å²) in [4.78, 5) is 33.1. The minimum atomic E-state index is -0.680. The second-order valence-corrected chi connectivity index (χ2v) is 10.8. The molecule has 38 heavy (non-hydrogen) atoms. The average Bonchev–Trinajstić information content (AvgIpc) is 3.51. The molecule has 1 unspecified atom stereocenters. The summed E-state index contributed by atoms with van der Waals surface area (Å²) in [5.41, 5.74) is 2.19. The maximum Gasteiger partial charge on any atom is 0.338 e. The van der Waals surface area contributed by atoms with E-state index in [-0.39, 0.29) is 12.2 Å². The second-order valence-electron chi connectivity index (χ2n) is 8.45. The van der Waals surface area contributed by atoms with Gasteiger partial charge in [-0.2, -0.15) is 0 Å². The van der Waals surface area contributed by atoms with Gasteiger partial charge >= 0.3 is 5.97 Å². The number of thioether (sulfide) groups is 1. The van der Waals surface area contributed by atoms with E-state index in [1.165, 1.54) is 17.4 Å². The minimum absolute atomic E-state index is 0.0611. The van der Waals surface area contributed by atoms with Crippen LogP contribution in [0.3, 0.4) is 0 Å². The molecule has 0 fully saturated rings. The highest BCUT2D eigenvalue weighted by molar-refractivity contribution is 7.98. The maximum absolute atomic E-state index is 13.8. The van der Waals surface area contributed by atoms with Crippen molar-refractivity contribution < 1.29 is 13.9 Å². The lowest BCUT2D eigenvalue weighted by atomic mass is 9.96. The summed E-state index contributed by atoms with van der Waals surface area (Å²) in [6.07, 6.45) is 5.19. The fraction of sp³-hybridized carbons (Fsp3) is 0.138. The van der Waals surface area contributed by atoms with Crippen LogP contribution in [-0.4, -0.2) is 23.4 Å². The van der Waals surface area contributed by atoms with Gasteiger partial charge in [-0.25, -0.2) is 9.79 Å². The standard InChI is InChI=1S/C29H23ClN2O4S2/c1-4-14-35-28(34)25-17(2)31-29-32(26(25)18-8-11-22(37-3)12-9-18)27(33)24(38-29)16-21-10-13-23(36-21)19-6-5-7-20(30)15-19/h4-13,15-16,26H,1,14H2,2-3H3/b24-16-. The SMILES string of the molecule is C=CCOC(=O)C1=C(C)N=c2s/c(=C\c3ccc(-c4cccc(Cl)c4)o3)c(=O)n2C1c1ccc(SC)cc1. The van der Waals surface area contributed by atoms with Gasteiger partial charge in [-0.3, -0.25) is 9.36 Å². The third-order valence-electron chi connectivity index (χ3n) is 6.01. The van der Waals surface area contributed by atoms with Crippen LogP contribution in [0.5, 0.6) is 0 Å². The molecule has 0 N–H and O–H groups in total. The Morgan fingerprint density at radius 2 is 2.03 bits per heavy atom. The van der Waals surface area contributed by atoms with Crippen LogP contribution in [0.25, 0.3) is 17.4 Å². The molecule has 192 valence electrons. The number of hydrogen-bond donors (Lipinski definition) is 0. The van der Waals surface area contributed by atoms with Crippen LogP contribution < -0.4 is 14.9 Å². The van der Waals surface area contributed by atoms with Crippen LogP contribution in [0.2, 0.25) is 5.02 Å². The van der Waals surface area contributed by atoms with Gasteiger partial charge in [0.1, 0.15) is 18.1 Å². The predicted octanol–water partition coefficient (Wildman–Crippen LogP) is 5.60. The van der Waals surface area contributed by atoms with Crippen molar-refractivity contribution in [2.45, 2.75) is 17.9 Å². The molecule has 4 aromatic rings. The van der Waals surface area contributed by atoms with Crippen molar-refractivity contribution in [1.29, 1.82) is 0 Å². The van der Waals surface area contributed by atoms with Crippen LogP contribution in [0, 0.1) is 0 Å². The summed E-state index contributed by atoms with van der Waals surface area (Å²) in [5, 5.41) is 0.608. The summed E-state index contributed by atoms with van der Waals surface area (Å²) in [5.74, 6) is 0.630. The van der Waals surface area contributed by atoms with Crippen molar-refractivity contribution in [3.8, 4) is 11.3 Å². The number of rotatable bonds is 7. The number of benzene rings is 2. The first-order valence-corrected chi connectivity index (χ1v) is 14.1. The van der Waals surface area contributed by atoms with Crippen LogP contribution in [0.4, 0.5) is 0 Å². The lowest BCUT2D eigenvalue weighted by molar-refractivity contribution is -0.138. The number of carbonyl (C=O) groups excluding carboxylic acids is 1. The van der Waals surface area contributed by atoms with E-state index in [1.54, 1.807) is 41.5 Å². The first kappa shape index (κ1) is 26.0. The van der Waals surface area contributed by atoms with Gasteiger partial charge in [-0.1, -0.05) is 59.9 Å². The summed E-state index contributed by atoms with van der Waals surface area (Å²) >= 11 is 8.98. The molecule has 0 bridgehead atoms. The lowest BCUT2D eigenvalue weighted by Crippen LogP contribution is -2.39. The lowest BCUT2D eigenvalue weighted by Gasteiger charge is -2.24. The van der Waals surface area contributed by atoms with E-state index in [4.69, 9.17) is 20.8 Å². The number of furan rings is 1. The van der Waals surface area contributed by atoms with Crippen LogP contribution in [-0.2, 0) is 9.53 Å². The smallest absolute Gasteiger partial charge is 0.338 e. The van der Waals surface area contributed by atoms with E-state index in [2.05, 4.69) is 11.6 Å². The number of carbonyl (C=O) groups is 1. The first-order valence-electron chi connectivity index (χ1n) is 11.7. The molecule has 0 radical (unpaired) electrons. The minimum Gasteiger partial charge on any atom is -0.458 e. The molecule has 6 nitrogen and oxygen atoms in total. The molecule has 0 spiro atoms. The molecule has 0 aliphatic carbocycles. The summed E-state index contributed by atoms with van der Waals surface area (Å²) in [7, 11) is 0. The predicted molar refractivity (Wildman–Crippen MR) is 152 cm³/mol. The molecule has 2 aromatic carbocycles. The van der Waals surface area contributed by atoms with Crippen molar-refractivity contribution in [2.75, 3.05) is 12.9 Å². The quantitative estimate of drug-likeness (QED) is 0.166. The van der Waals surface area contributed by atoms with Gasteiger partial charge in [0.15, 0.2) is 4.80 Å². The Morgan fingerprint density at radius 3 is 2.74 bits per heavy atom. The Morgan fingerprint density at radius 1 is 1.24 bits per heavy atom. The molecule has 2 aromatic heterocycles. The molecule has 9 heteroatoms. The number of thiazole rings is 1. The summed E-state index contributed by atoms with van der Waals surface area (Å²) < 4.78 is 13.4. The zero-order valence-electron chi connectivity index (χ0n) is 20.6. The van der Waals surface area contributed by atoms with Gasteiger partial charge in [0.2, 0.25) is 0 Å². The molecule has 1 aliphatic rings. The largest absolute Gasteiger partial charge is 0.458 e. The van der Waals surface area contributed by atoms with Crippen molar-refractivity contribution >= 4 is 46.7 Å². The average molecular weight is 563 g/mol. The molecule has 0 saturated heterocycles. The van der Waals surface area contributed by atoms with Crippen molar-refractivity contribution in [3.05, 3.63) is 121 Å². The third kappa shape index (κ3) is 5.07. The number of fused-ring (bicyclic) bond motifs is 1. The Labute approximate surface area is 232 Å². The highest BCUT2D eigenvalue weighted by Gasteiger charge is 2.33. The third-order valence-corrected chi connectivity index (χ3v) is 7.98. The molecule has 0 amide bonds. The van der Waals surface area contributed by atoms with Crippen molar-refractivity contribution in [1.82, 2.24) is 4.57 Å². The molecule has 3 heterocycles. The monoisotopic (exact) mass is 562 g/mol. The Bertz CT molecular complexity index is 1750. The Kier molecular flexibility index (Phi) is 7.56. The molecule has 0 saturated carbocycles. The summed E-state index contributed by atoms with van der Waals surface area (Å²) in [6, 6.07) is 18.1. The molecule has 1 atom stereocenters. The number of ether oxygens (including phenoxy) is 1. The van der Waals surface area contributed by atoms with E-state index < -0.39 is 12.0 Å². The normalized spacial score (nSPS) is 15.2. The molecule has 1 aliphatic heterocycles. The van der Waals surface area contributed by atoms with E-state index in [9.17, 15) is 9.59 Å². The zero-order valence-corrected chi connectivity index (χ0v) is 23.0. The Balaban J connectivity index is 1.62. The van der Waals surface area contributed by atoms with Gasteiger partial charge in [-0.05, 0) is 55.1 Å². The topological polar surface area (TPSA) is 73.8 Å². The fourth-order valence-corrected chi connectivity index (χ4v) is 5.88. The molecule has 5 rings (SSSR count). The van der Waals surface area contributed by atoms with Gasteiger partial charge in [-0.15, -0.1) is 11.8 Å². The number of halogens is 1. The number of nitrogens with zero attached hydrogens (tertiary/aromatic N) is 2. The van der Waals surface area contributed by atoms with Crippen LogP contribution >= 0.6 is 34.7 Å². The van der Waals surface area contributed by atoms with Gasteiger partial charge in [0.05, 0.1) is 21.8 Å². The zero-order chi connectivity index (χ0) is 26.8. The Hall–Kier alpha value is -3.59. The summed E-state index contributed by atoms with van der Waals surface area (Å²) in [6.45, 7) is 5.44. The number of aromatic nitrogens is 1. The maximum atomic E-state index is 13.8. The van der Waals surface area contributed by atoms with Crippen molar-refractivity contribution in [2.24, 2.45) is 4.99 Å². The van der Waals surface area contributed by atoms with Crippen LogP contribution in [0.15, 0.2) is 104 Å². The second kappa shape index (κ2) is 11.0. The number of allylic oxidation sites excluding steroid dienone is 1. The fourth-order valence-electron chi connectivity index (χ4n) is 4.25. The van der Waals surface area contributed by atoms with E-state index >= 15 is 0 Å². The first-order chi connectivity index (χ1) is 18.4. The number of hydrogen-bond acceptors (Lipinski definition) is 7. The van der Waals surface area contributed by atoms with Crippen molar-refractivity contribution in [3.63, 3.8) is 0 Å². The van der Waals surface area contributed by atoms with Gasteiger partial charge < -0.3 is 9.15 Å². The highest BCUT2D eigenvalue weighted by atomic mass is 35.5. The van der Waals surface area contributed by atoms with Crippen LogP contribution in [0.1, 0.15) is 24.3 Å². The van der Waals surface area contributed by atoms with E-state index in [1.807, 2.05) is 54.8 Å². The van der Waals surface area contributed by atoms with E-state index in [0.717, 1.165) is 16.0 Å².